The standard InChI is InChI=1S/C17H17NO/c1-12-9-10-14-15(11-12)18(3)16(19)17(14,2)13-7-5-4-6-8-13/h4-11H,1-3H3. The lowest BCUT2D eigenvalue weighted by atomic mass is 9.77. The summed E-state index contributed by atoms with van der Waals surface area (Å²) in [6.45, 7) is 4.07. The van der Waals surface area contributed by atoms with Crippen molar-refractivity contribution in [1.82, 2.24) is 0 Å². The van der Waals surface area contributed by atoms with E-state index in [1.54, 1.807) is 4.90 Å². The Kier molecular flexibility index (Phi) is 2.49. The van der Waals surface area contributed by atoms with Crippen molar-refractivity contribution in [3.05, 3.63) is 65.2 Å². The van der Waals surface area contributed by atoms with Crippen molar-refractivity contribution >= 4 is 11.6 Å². The summed E-state index contributed by atoms with van der Waals surface area (Å²) in [6, 6.07) is 16.3. The first-order chi connectivity index (χ1) is 9.05. The third-order valence-electron chi connectivity index (χ3n) is 4.14. The van der Waals surface area contributed by atoms with Crippen LogP contribution in [0.1, 0.15) is 23.6 Å². The molecule has 0 spiro atoms. The SMILES string of the molecule is Cc1ccc2c(c1)N(C)C(=O)C2(C)c1ccccc1. The molecule has 0 fully saturated rings. The highest BCUT2D eigenvalue weighted by molar-refractivity contribution is 6.09. The van der Waals surface area contributed by atoms with E-state index in [0.717, 1.165) is 16.8 Å². The Bertz CT molecular complexity index is 648. The van der Waals surface area contributed by atoms with Gasteiger partial charge < -0.3 is 4.90 Å². The molecular weight excluding hydrogens is 234 g/mol. The maximum Gasteiger partial charge on any atom is 0.241 e. The summed E-state index contributed by atoms with van der Waals surface area (Å²) in [5.41, 5.74) is 3.78. The third-order valence-corrected chi connectivity index (χ3v) is 4.14. The normalized spacial score (nSPS) is 21.6. The fourth-order valence-corrected chi connectivity index (χ4v) is 2.95. The molecule has 96 valence electrons. The second-order valence-electron chi connectivity index (χ2n) is 5.38. The summed E-state index contributed by atoms with van der Waals surface area (Å²) < 4.78 is 0. The van der Waals surface area contributed by atoms with E-state index in [2.05, 4.69) is 25.1 Å². The van der Waals surface area contributed by atoms with Crippen molar-refractivity contribution in [2.45, 2.75) is 19.3 Å². The number of benzene rings is 2. The molecule has 1 aliphatic heterocycles. The first-order valence-corrected chi connectivity index (χ1v) is 6.50. The monoisotopic (exact) mass is 251 g/mol. The molecular formula is C17H17NO. The Morgan fingerprint density at radius 1 is 1.05 bits per heavy atom. The lowest BCUT2D eigenvalue weighted by Crippen LogP contribution is -2.36. The van der Waals surface area contributed by atoms with Crippen molar-refractivity contribution in [2.75, 3.05) is 11.9 Å². The van der Waals surface area contributed by atoms with Gasteiger partial charge in [0.2, 0.25) is 5.91 Å². The van der Waals surface area contributed by atoms with Gasteiger partial charge in [-0.05, 0) is 36.6 Å². The summed E-state index contributed by atoms with van der Waals surface area (Å²) in [7, 11) is 1.86. The van der Waals surface area contributed by atoms with Crippen molar-refractivity contribution < 1.29 is 4.79 Å². The van der Waals surface area contributed by atoms with E-state index in [-0.39, 0.29) is 5.91 Å². The third kappa shape index (κ3) is 1.53. The van der Waals surface area contributed by atoms with Crippen LogP contribution < -0.4 is 4.90 Å². The topological polar surface area (TPSA) is 20.3 Å². The molecule has 0 N–H and O–H groups in total. The lowest BCUT2D eigenvalue weighted by Gasteiger charge is -2.23. The molecule has 0 saturated heterocycles. The molecule has 1 unspecified atom stereocenters. The van der Waals surface area contributed by atoms with Gasteiger partial charge in [-0.25, -0.2) is 0 Å². The maximum absolute atomic E-state index is 12.7. The largest absolute Gasteiger partial charge is 0.314 e. The summed E-state index contributed by atoms with van der Waals surface area (Å²) in [5, 5.41) is 0. The van der Waals surface area contributed by atoms with E-state index in [0.29, 0.717) is 0 Å². The number of nitrogens with zero attached hydrogens (tertiary/aromatic N) is 1. The van der Waals surface area contributed by atoms with Gasteiger partial charge in [0.05, 0.1) is 5.41 Å². The molecule has 2 nitrogen and oxygen atoms in total. The highest BCUT2D eigenvalue weighted by Gasteiger charge is 2.47. The van der Waals surface area contributed by atoms with E-state index < -0.39 is 5.41 Å². The summed E-state index contributed by atoms with van der Waals surface area (Å²) in [5.74, 6) is 0.138. The van der Waals surface area contributed by atoms with Crippen LogP contribution in [0.5, 0.6) is 0 Å². The van der Waals surface area contributed by atoms with Crippen LogP contribution in [0, 0.1) is 6.92 Å². The number of fused-ring (bicyclic) bond motifs is 1. The molecule has 0 radical (unpaired) electrons. The zero-order valence-corrected chi connectivity index (χ0v) is 11.5. The minimum Gasteiger partial charge on any atom is -0.314 e. The molecule has 2 aromatic rings. The Labute approximate surface area is 113 Å². The van der Waals surface area contributed by atoms with Gasteiger partial charge in [0.1, 0.15) is 0 Å². The molecule has 0 saturated carbocycles. The van der Waals surface area contributed by atoms with Crippen LogP contribution in [0.2, 0.25) is 0 Å². The summed E-state index contributed by atoms with van der Waals surface area (Å²) >= 11 is 0. The zero-order chi connectivity index (χ0) is 13.6. The number of hydrogen-bond acceptors (Lipinski definition) is 1. The van der Waals surface area contributed by atoms with Gasteiger partial charge >= 0.3 is 0 Å². The molecule has 0 aliphatic carbocycles. The van der Waals surface area contributed by atoms with E-state index in [4.69, 9.17) is 0 Å². The van der Waals surface area contributed by atoms with Crippen molar-refractivity contribution in [1.29, 1.82) is 0 Å². The highest BCUT2D eigenvalue weighted by Crippen LogP contribution is 2.45. The smallest absolute Gasteiger partial charge is 0.241 e. The quantitative estimate of drug-likeness (QED) is 0.761. The minimum atomic E-state index is -0.570. The Balaban J connectivity index is 2.27. The molecule has 1 heterocycles. The number of carbonyl (C=O) groups is 1. The second-order valence-corrected chi connectivity index (χ2v) is 5.38. The first-order valence-electron chi connectivity index (χ1n) is 6.50. The molecule has 1 atom stereocenters. The predicted octanol–water partition coefficient (Wildman–Crippen LogP) is 3.28. The number of hydrogen-bond donors (Lipinski definition) is 0. The van der Waals surface area contributed by atoms with Crippen molar-refractivity contribution in [2.24, 2.45) is 0 Å². The predicted molar refractivity (Wildman–Crippen MR) is 77.5 cm³/mol. The number of aryl methyl sites for hydroxylation is 1. The number of likely N-dealkylation sites (N-methyl/N-ethyl adjacent to an activating group) is 1. The fourth-order valence-electron chi connectivity index (χ4n) is 2.95. The Morgan fingerprint density at radius 3 is 2.42 bits per heavy atom. The maximum atomic E-state index is 12.7. The van der Waals surface area contributed by atoms with E-state index >= 15 is 0 Å². The molecule has 2 aromatic carbocycles. The molecule has 3 rings (SSSR count). The first kappa shape index (κ1) is 12.0. The van der Waals surface area contributed by atoms with Crippen LogP contribution in [-0.2, 0) is 10.2 Å². The van der Waals surface area contributed by atoms with Crippen LogP contribution >= 0.6 is 0 Å². The lowest BCUT2D eigenvalue weighted by molar-refractivity contribution is -0.121. The van der Waals surface area contributed by atoms with Gasteiger partial charge in [-0.15, -0.1) is 0 Å². The molecule has 0 aromatic heterocycles. The number of anilines is 1. The van der Waals surface area contributed by atoms with E-state index in [1.165, 1.54) is 5.56 Å². The molecule has 0 bridgehead atoms. The molecule has 19 heavy (non-hydrogen) atoms. The van der Waals surface area contributed by atoms with Gasteiger partial charge in [0, 0.05) is 12.7 Å². The van der Waals surface area contributed by atoms with Crippen LogP contribution in [0.15, 0.2) is 48.5 Å². The summed E-state index contributed by atoms with van der Waals surface area (Å²) in [4.78, 5) is 14.5. The highest BCUT2D eigenvalue weighted by atomic mass is 16.2. The Hall–Kier alpha value is -2.09. The Morgan fingerprint density at radius 2 is 1.74 bits per heavy atom. The molecule has 1 amide bonds. The average molecular weight is 251 g/mol. The molecule has 2 heteroatoms. The zero-order valence-electron chi connectivity index (χ0n) is 11.5. The second kappa shape index (κ2) is 3.95. The average Bonchev–Trinajstić information content (AvgIpc) is 2.63. The van der Waals surface area contributed by atoms with Crippen LogP contribution in [0.25, 0.3) is 0 Å². The summed E-state index contributed by atoms with van der Waals surface area (Å²) in [6.07, 6.45) is 0. The molecule has 1 aliphatic rings. The van der Waals surface area contributed by atoms with Gasteiger partial charge in [-0.2, -0.15) is 0 Å². The minimum absolute atomic E-state index is 0.138. The van der Waals surface area contributed by atoms with Crippen LogP contribution in [0.3, 0.4) is 0 Å². The van der Waals surface area contributed by atoms with Gasteiger partial charge in [0.15, 0.2) is 0 Å². The van der Waals surface area contributed by atoms with Gasteiger partial charge in [0.25, 0.3) is 0 Å². The number of carbonyl (C=O) groups excluding carboxylic acids is 1. The number of amides is 1. The van der Waals surface area contributed by atoms with E-state index in [1.807, 2.05) is 44.3 Å². The van der Waals surface area contributed by atoms with Gasteiger partial charge in [-0.3, -0.25) is 4.79 Å². The van der Waals surface area contributed by atoms with Crippen molar-refractivity contribution in [3.63, 3.8) is 0 Å². The number of rotatable bonds is 1. The van der Waals surface area contributed by atoms with Gasteiger partial charge in [-0.1, -0.05) is 42.5 Å². The van der Waals surface area contributed by atoms with Crippen LogP contribution in [0.4, 0.5) is 5.69 Å². The van der Waals surface area contributed by atoms with Crippen LogP contribution in [-0.4, -0.2) is 13.0 Å². The van der Waals surface area contributed by atoms with E-state index in [9.17, 15) is 4.79 Å². The fraction of sp³-hybridized carbons (Fsp3) is 0.235. The van der Waals surface area contributed by atoms with Crippen molar-refractivity contribution in [3.8, 4) is 0 Å².